The van der Waals surface area contributed by atoms with Crippen LogP contribution in [-0.4, -0.2) is 23.0 Å². The Balaban J connectivity index is 1.64. The molecule has 0 spiro atoms. The minimum absolute atomic E-state index is 0.171. The molecule has 2 aromatic carbocycles. The van der Waals surface area contributed by atoms with Gasteiger partial charge in [-0.2, -0.15) is 0 Å². The number of halogens is 2. The van der Waals surface area contributed by atoms with E-state index < -0.39 is 35.5 Å². The number of amides is 1. The van der Waals surface area contributed by atoms with Gasteiger partial charge in [-0.25, -0.2) is 13.6 Å². The third-order valence-electron chi connectivity index (χ3n) is 4.39. The molecule has 0 heterocycles. The van der Waals surface area contributed by atoms with E-state index in [1.807, 2.05) is 6.07 Å². The number of carboxylic acids is 1. The first-order chi connectivity index (χ1) is 12.0. The first-order valence-corrected chi connectivity index (χ1v) is 7.97. The summed E-state index contributed by atoms with van der Waals surface area (Å²) >= 11 is 0. The Morgan fingerprint density at radius 3 is 2.52 bits per heavy atom. The molecule has 130 valence electrons. The standard InChI is InChI=1S/C19H17F2NO3/c20-12-6-7-13(16(21)9-12)14-10-15(14)18(23)22-17(19(24)25)8-11-4-2-1-3-5-11/h1-7,9,14-15,17H,8,10H2,(H,22,23)(H,24,25)/t14?,15?,17-/m1/s1. The maximum Gasteiger partial charge on any atom is 0.326 e. The summed E-state index contributed by atoms with van der Waals surface area (Å²) in [6, 6.07) is 11.2. The summed E-state index contributed by atoms with van der Waals surface area (Å²) in [4.78, 5) is 23.7. The van der Waals surface area contributed by atoms with Crippen LogP contribution in [0.25, 0.3) is 0 Å². The van der Waals surface area contributed by atoms with Crippen LogP contribution in [-0.2, 0) is 16.0 Å². The van der Waals surface area contributed by atoms with Gasteiger partial charge in [0.15, 0.2) is 0 Å². The smallest absolute Gasteiger partial charge is 0.326 e. The topological polar surface area (TPSA) is 66.4 Å². The summed E-state index contributed by atoms with van der Waals surface area (Å²) in [5.74, 6) is -3.72. The number of carboxylic acid groups (broad SMARTS) is 1. The molecule has 2 unspecified atom stereocenters. The summed E-state index contributed by atoms with van der Waals surface area (Å²) < 4.78 is 26.8. The molecule has 1 amide bonds. The molecule has 3 atom stereocenters. The van der Waals surface area contributed by atoms with Crippen LogP contribution in [0.5, 0.6) is 0 Å². The highest BCUT2D eigenvalue weighted by Gasteiger charge is 2.46. The first-order valence-electron chi connectivity index (χ1n) is 7.97. The second-order valence-corrected chi connectivity index (χ2v) is 6.20. The van der Waals surface area contributed by atoms with Crippen molar-refractivity contribution in [1.82, 2.24) is 5.32 Å². The first kappa shape index (κ1) is 17.1. The SMILES string of the molecule is O=C(N[C@H](Cc1ccccc1)C(=O)O)C1CC1c1ccc(F)cc1F. The molecule has 25 heavy (non-hydrogen) atoms. The van der Waals surface area contributed by atoms with Crippen molar-refractivity contribution in [2.24, 2.45) is 5.92 Å². The maximum atomic E-state index is 13.8. The highest BCUT2D eigenvalue weighted by molar-refractivity contribution is 5.87. The number of benzene rings is 2. The van der Waals surface area contributed by atoms with Gasteiger partial charge < -0.3 is 10.4 Å². The maximum absolute atomic E-state index is 13.8. The van der Waals surface area contributed by atoms with E-state index >= 15 is 0 Å². The number of carbonyl (C=O) groups is 2. The summed E-state index contributed by atoms with van der Waals surface area (Å²) in [5.41, 5.74) is 1.09. The van der Waals surface area contributed by atoms with Gasteiger partial charge in [-0.05, 0) is 29.5 Å². The van der Waals surface area contributed by atoms with E-state index in [9.17, 15) is 23.5 Å². The molecule has 1 fully saturated rings. The van der Waals surface area contributed by atoms with Gasteiger partial charge in [-0.15, -0.1) is 0 Å². The lowest BCUT2D eigenvalue weighted by atomic mass is 10.1. The van der Waals surface area contributed by atoms with E-state index in [1.54, 1.807) is 24.3 Å². The van der Waals surface area contributed by atoms with Gasteiger partial charge in [-0.3, -0.25) is 4.79 Å². The fourth-order valence-electron chi connectivity index (χ4n) is 2.96. The lowest BCUT2D eigenvalue weighted by Gasteiger charge is -2.15. The molecular weight excluding hydrogens is 328 g/mol. The summed E-state index contributed by atoms with van der Waals surface area (Å²) in [6.07, 6.45) is 0.594. The third kappa shape index (κ3) is 4.02. The molecule has 2 N–H and O–H groups in total. The second-order valence-electron chi connectivity index (χ2n) is 6.20. The quantitative estimate of drug-likeness (QED) is 0.846. The van der Waals surface area contributed by atoms with E-state index in [0.29, 0.717) is 6.42 Å². The number of aliphatic carboxylic acids is 1. The normalized spacial score (nSPS) is 19.9. The van der Waals surface area contributed by atoms with Crippen LogP contribution >= 0.6 is 0 Å². The van der Waals surface area contributed by atoms with Gasteiger partial charge in [0.2, 0.25) is 5.91 Å². The zero-order valence-electron chi connectivity index (χ0n) is 13.3. The van der Waals surface area contributed by atoms with Crippen LogP contribution in [0, 0.1) is 17.6 Å². The molecular formula is C19H17F2NO3. The van der Waals surface area contributed by atoms with Crippen LogP contribution in [0.3, 0.4) is 0 Å². The lowest BCUT2D eigenvalue weighted by molar-refractivity contribution is -0.142. The molecule has 0 aromatic heterocycles. The van der Waals surface area contributed by atoms with Crippen LogP contribution < -0.4 is 5.32 Å². The Hall–Kier alpha value is -2.76. The summed E-state index contributed by atoms with van der Waals surface area (Å²) in [5, 5.41) is 11.8. The van der Waals surface area contributed by atoms with E-state index in [4.69, 9.17) is 0 Å². The molecule has 1 aliphatic rings. The fourth-order valence-corrected chi connectivity index (χ4v) is 2.96. The minimum Gasteiger partial charge on any atom is -0.480 e. The van der Waals surface area contributed by atoms with Gasteiger partial charge in [-0.1, -0.05) is 36.4 Å². The molecule has 1 aliphatic carbocycles. The summed E-state index contributed by atoms with van der Waals surface area (Å²) in [6.45, 7) is 0. The Bertz CT molecular complexity index is 795. The number of carbonyl (C=O) groups excluding carboxylic acids is 1. The number of hydrogen-bond donors (Lipinski definition) is 2. The Morgan fingerprint density at radius 1 is 1.16 bits per heavy atom. The zero-order valence-corrected chi connectivity index (χ0v) is 13.3. The fraction of sp³-hybridized carbons (Fsp3) is 0.263. The van der Waals surface area contributed by atoms with Crippen LogP contribution in [0.1, 0.15) is 23.5 Å². The van der Waals surface area contributed by atoms with E-state index in [0.717, 1.165) is 17.7 Å². The van der Waals surface area contributed by atoms with Gasteiger partial charge in [0, 0.05) is 18.4 Å². The summed E-state index contributed by atoms with van der Waals surface area (Å²) in [7, 11) is 0. The molecule has 0 aliphatic heterocycles. The molecule has 6 heteroatoms. The van der Waals surface area contributed by atoms with Crippen molar-refractivity contribution in [1.29, 1.82) is 0 Å². The van der Waals surface area contributed by atoms with Crippen molar-refractivity contribution in [2.75, 3.05) is 0 Å². The third-order valence-corrected chi connectivity index (χ3v) is 4.39. The Kier molecular flexibility index (Phi) is 4.79. The monoisotopic (exact) mass is 345 g/mol. The van der Waals surface area contributed by atoms with Gasteiger partial charge >= 0.3 is 5.97 Å². The molecule has 0 bridgehead atoms. The number of hydrogen-bond acceptors (Lipinski definition) is 2. The molecule has 0 saturated heterocycles. The van der Waals surface area contributed by atoms with E-state index in [1.165, 1.54) is 6.07 Å². The number of rotatable bonds is 6. The molecule has 3 rings (SSSR count). The second kappa shape index (κ2) is 7.01. The van der Waals surface area contributed by atoms with Crippen molar-refractivity contribution in [3.05, 3.63) is 71.3 Å². The molecule has 4 nitrogen and oxygen atoms in total. The van der Waals surface area contributed by atoms with Crippen molar-refractivity contribution >= 4 is 11.9 Å². The van der Waals surface area contributed by atoms with Crippen LogP contribution in [0.4, 0.5) is 8.78 Å². The average molecular weight is 345 g/mol. The Labute approximate surface area is 143 Å². The van der Waals surface area contributed by atoms with E-state index in [2.05, 4.69) is 5.32 Å². The number of nitrogens with one attached hydrogen (secondary N) is 1. The predicted molar refractivity (Wildman–Crippen MR) is 86.9 cm³/mol. The van der Waals surface area contributed by atoms with Crippen molar-refractivity contribution in [3.63, 3.8) is 0 Å². The highest BCUT2D eigenvalue weighted by atomic mass is 19.1. The lowest BCUT2D eigenvalue weighted by Crippen LogP contribution is -2.43. The molecule has 0 radical (unpaired) electrons. The molecule has 2 aromatic rings. The van der Waals surface area contributed by atoms with Gasteiger partial charge in [0.1, 0.15) is 17.7 Å². The predicted octanol–water partition coefficient (Wildman–Crippen LogP) is 2.88. The van der Waals surface area contributed by atoms with Crippen molar-refractivity contribution < 1.29 is 23.5 Å². The average Bonchev–Trinajstić information content (AvgIpc) is 3.35. The van der Waals surface area contributed by atoms with Crippen LogP contribution in [0.2, 0.25) is 0 Å². The van der Waals surface area contributed by atoms with Crippen LogP contribution in [0.15, 0.2) is 48.5 Å². The van der Waals surface area contributed by atoms with E-state index in [-0.39, 0.29) is 17.9 Å². The molecule has 1 saturated carbocycles. The Morgan fingerprint density at radius 2 is 1.88 bits per heavy atom. The van der Waals surface area contributed by atoms with Gasteiger partial charge in [0.05, 0.1) is 0 Å². The van der Waals surface area contributed by atoms with Crippen molar-refractivity contribution in [3.8, 4) is 0 Å². The van der Waals surface area contributed by atoms with Crippen molar-refractivity contribution in [2.45, 2.75) is 24.8 Å². The largest absolute Gasteiger partial charge is 0.480 e. The minimum atomic E-state index is -1.12. The van der Waals surface area contributed by atoms with Gasteiger partial charge in [0.25, 0.3) is 0 Å². The zero-order chi connectivity index (χ0) is 18.0. The highest BCUT2D eigenvalue weighted by Crippen LogP contribution is 2.48.